The van der Waals surface area contributed by atoms with Gasteiger partial charge in [-0.15, -0.1) is 0 Å². The number of aromatic nitrogens is 3. The molecule has 7 heteroatoms. The molecular formula is C27H22N4O3. The average molecular weight is 450 g/mol. The second-order valence-electron chi connectivity index (χ2n) is 7.85. The van der Waals surface area contributed by atoms with Gasteiger partial charge < -0.3 is 10.1 Å². The molecule has 0 fully saturated rings. The standard InChI is InChI=1S/C27H22N4O3/c32-26(18-34-22-13-12-19-7-1-2-8-20(19)15-22)29-16-25-23-10-3-4-11-24(23)27(33)31(30-25)17-21-9-5-6-14-28-21/h1-15H,16-18H2,(H,29,32). The fourth-order valence-electron chi connectivity index (χ4n) is 3.83. The molecule has 5 aromatic rings. The molecule has 0 aliphatic heterocycles. The molecule has 0 saturated carbocycles. The molecule has 1 N–H and O–H groups in total. The van der Waals surface area contributed by atoms with Crippen LogP contribution in [0.2, 0.25) is 0 Å². The van der Waals surface area contributed by atoms with Gasteiger partial charge in [0.15, 0.2) is 6.61 Å². The number of amides is 1. The minimum absolute atomic E-state index is 0.121. The molecule has 2 aromatic heterocycles. The molecule has 5 rings (SSSR count). The maximum absolute atomic E-state index is 12.9. The molecular weight excluding hydrogens is 428 g/mol. The zero-order chi connectivity index (χ0) is 23.3. The van der Waals surface area contributed by atoms with Crippen molar-refractivity contribution in [3.63, 3.8) is 0 Å². The Morgan fingerprint density at radius 1 is 0.882 bits per heavy atom. The molecule has 0 unspecified atom stereocenters. The predicted octanol–water partition coefficient (Wildman–Crippen LogP) is 3.69. The summed E-state index contributed by atoms with van der Waals surface area (Å²) in [6.45, 7) is 0.295. The molecule has 0 bridgehead atoms. The van der Waals surface area contributed by atoms with Gasteiger partial charge in [0.1, 0.15) is 5.75 Å². The van der Waals surface area contributed by atoms with E-state index in [2.05, 4.69) is 15.4 Å². The maximum atomic E-state index is 12.9. The summed E-state index contributed by atoms with van der Waals surface area (Å²) in [5, 5.41) is 10.8. The Hall–Kier alpha value is -4.52. The number of fused-ring (bicyclic) bond motifs is 2. The lowest BCUT2D eigenvalue weighted by Gasteiger charge is -2.12. The van der Waals surface area contributed by atoms with Crippen molar-refractivity contribution in [2.75, 3.05) is 6.61 Å². The van der Waals surface area contributed by atoms with Crippen LogP contribution in [0.4, 0.5) is 0 Å². The summed E-state index contributed by atoms with van der Waals surface area (Å²) < 4.78 is 7.06. The van der Waals surface area contributed by atoms with Crippen molar-refractivity contribution in [1.82, 2.24) is 20.1 Å². The first kappa shape index (κ1) is 21.3. The smallest absolute Gasteiger partial charge is 0.275 e. The first-order chi connectivity index (χ1) is 16.7. The number of ether oxygens (including phenoxy) is 1. The molecule has 0 aliphatic carbocycles. The molecule has 0 saturated heterocycles. The lowest BCUT2D eigenvalue weighted by molar-refractivity contribution is -0.123. The van der Waals surface area contributed by atoms with Crippen LogP contribution in [0.3, 0.4) is 0 Å². The summed E-state index contributed by atoms with van der Waals surface area (Å²) in [7, 11) is 0. The van der Waals surface area contributed by atoms with Crippen molar-refractivity contribution >= 4 is 27.5 Å². The van der Waals surface area contributed by atoms with E-state index in [0.29, 0.717) is 22.2 Å². The molecule has 1 amide bonds. The zero-order valence-corrected chi connectivity index (χ0v) is 18.3. The molecule has 34 heavy (non-hydrogen) atoms. The minimum atomic E-state index is -0.276. The molecule has 0 spiro atoms. The van der Waals surface area contributed by atoms with Crippen molar-refractivity contribution in [3.8, 4) is 5.75 Å². The quantitative estimate of drug-likeness (QED) is 0.409. The SMILES string of the molecule is O=C(COc1ccc2ccccc2c1)NCc1nn(Cc2ccccn2)c(=O)c2ccccc12. The Kier molecular flexibility index (Phi) is 5.99. The van der Waals surface area contributed by atoms with Gasteiger partial charge in [-0.2, -0.15) is 5.10 Å². The number of hydrogen-bond acceptors (Lipinski definition) is 5. The number of rotatable bonds is 7. The van der Waals surface area contributed by atoms with Crippen LogP contribution >= 0.6 is 0 Å². The minimum Gasteiger partial charge on any atom is -0.484 e. The third kappa shape index (κ3) is 4.63. The van der Waals surface area contributed by atoms with E-state index in [9.17, 15) is 9.59 Å². The molecule has 0 atom stereocenters. The molecule has 2 heterocycles. The lowest BCUT2D eigenvalue weighted by Crippen LogP contribution is -2.31. The summed E-state index contributed by atoms with van der Waals surface area (Å²) in [4.78, 5) is 29.7. The highest BCUT2D eigenvalue weighted by molar-refractivity contribution is 5.85. The molecule has 168 valence electrons. The van der Waals surface area contributed by atoms with E-state index in [1.807, 2.05) is 78.9 Å². The van der Waals surface area contributed by atoms with Crippen LogP contribution in [-0.4, -0.2) is 27.3 Å². The van der Waals surface area contributed by atoms with E-state index >= 15 is 0 Å². The van der Waals surface area contributed by atoms with Crippen molar-refractivity contribution in [3.05, 3.63) is 113 Å². The van der Waals surface area contributed by atoms with Crippen molar-refractivity contribution < 1.29 is 9.53 Å². The van der Waals surface area contributed by atoms with E-state index in [-0.39, 0.29) is 31.2 Å². The molecule has 0 radical (unpaired) electrons. The van der Waals surface area contributed by atoms with Crippen LogP contribution in [-0.2, 0) is 17.9 Å². The van der Waals surface area contributed by atoms with Gasteiger partial charge in [0.05, 0.1) is 29.9 Å². The maximum Gasteiger partial charge on any atom is 0.275 e. The molecule has 7 nitrogen and oxygen atoms in total. The van der Waals surface area contributed by atoms with Gasteiger partial charge in [0.2, 0.25) is 0 Å². The number of carbonyl (C=O) groups is 1. The number of hydrogen-bond donors (Lipinski definition) is 1. The van der Waals surface area contributed by atoms with E-state index in [1.54, 1.807) is 12.3 Å². The van der Waals surface area contributed by atoms with E-state index in [0.717, 1.165) is 16.5 Å². The van der Waals surface area contributed by atoms with Gasteiger partial charge in [-0.1, -0.05) is 54.6 Å². The van der Waals surface area contributed by atoms with Gasteiger partial charge in [0.25, 0.3) is 11.5 Å². The highest BCUT2D eigenvalue weighted by Gasteiger charge is 2.12. The summed E-state index contributed by atoms with van der Waals surface area (Å²) in [5.41, 5.74) is 1.13. The number of pyridine rings is 1. The predicted molar refractivity (Wildman–Crippen MR) is 131 cm³/mol. The Balaban J connectivity index is 1.31. The average Bonchev–Trinajstić information content (AvgIpc) is 2.89. The van der Waals surface area contributed by atoms with Crippen molar-refractivity contribution in [1.29, 1.82) is 0 Å². The van der Waals surface area contributed by atoms with Crippen LogP contribution in [0.1, 0.15) is 11.4 Å². The Morgan fingerprint density at radius 2 is 1.65 bits per heavy atom. The van der Waals surface area contributed by atoms with Crippen LogP contribution in [0.5, 0.6) is 5.75 Å². The first-order valence-electron chi connectivity index (χ1n) is 10.9. The molecule has 3 aromatic carbocycles. The number of carbonyl (C=O) groups excluding carboxylic acids is 1. The van der Waals surface area contributed by atoms with E-state index in [1.165, 1.54) is 4.68 Å². The van der Waals surface area contributed by atoms with Crippen molar-refractivity contribution in [2.45, 2.75) is 13.1 Å². The van der Waals surface area contributed by atoms with Crippen LogP contribution in [0.25, 0.3) is 21.5 Å². The van der Waals surface area contributed by atoms with Gasteiger partial charge in [0, 0.05) is 11.6 Å². The third-order valence-electron chi connectivity index (χ3n) is 5.53. The Bertz CT molecular complexity index is 1530. The summed E-state index contributed by atoms with van der Waals surface area (Å²) in [6, 6.07) is 26.5. The van der Waals surface area contributed by atoms with Crippen LogP contribution < -0.4 is 15.6 Å². The fourth-order valence-corrected chi connectivity index (χ4v) is 3.83. The van der Waals surface area contributed by atoms with E-state index in [4.69, 9.17) is 4.74 Å². The van der Waals surface area contributed by atoms with Gasteiger partial charge in [-0.3, -0.25) is 14.6 Å². The first-order valence-corrected chi connectivity index (χ1v) is 10.9. The van der Waals surface area contributed by atoms with Gasteiger partial charge in [-0.25, -0.2) is 4.68 Å². The highest BCUT2D eigenvalue weighted by atomic mass is 16.5. The summed E-state index contributed by atoms with van der Waals surface area (Å²) >= 11 is 0. The fraction of sp³-hybridized carbons (Fsp3) is 0.111. The van der Waals surface area contributed by atoms with Gasteiger partial charge >= 0.3 is 0 Å². The molecule has 0 aliphatic rings. The number of benzene rings is 3. The van der Waals surface area contributed by atoms with Crippen LogP contribution in [0, 0.1) is 0 Å². The Morgan fingerprint density at radius 3 is 2.47 bits per heavy atom. The summed E-state index contributed by atoms with van der Waals surface area (Å²) in [6.07, 6.45) is 1.68. The second-order valence-corrected chi connectivity index (χ2v) is 7.85. The largest absolute Gasteiger partial charge is 0.484 e. The third-order valence-corrected chi connectivity index (χ3v) is 5.53. The monoisotopic (exact) mass is 450 g/mol. The van der Waals surface area contributed by atoms with Crippen LogP contribution in [0.15, 0.2) is 95.9 Å². The summed E-state index contributed by atoms with van der Waals surface area (Å²) in [5.74, 6) is 0.350. The van der Waals surface area contributed by atoms with Crippen molar-refractivity contribution in [2.24, 2.45) is 0 Å². The topological polar surface area (TPSA) is 86.1 Å². The Labute approximate surface area is 195 Å². The second kappa shape index (κ2) is 9.54. The normalized spacial score (nSPS) is 10.9. The van der Waals surface area contributed by atoms with Gasteiger partial charge in [-0.05, 0) is 41.1 Å². The zero-order valence-electron chi connectivity index (χ0n) is 18.3. The highest BCUT2D eigenvalue weighted by Crippen LogP contribution is 2.20. The van der Waals surface area contributed by atoms with E-state index < -0.39 is 0 Å². The number of nitrogens with zero attached hydrogens (tertiary/aromatic N) is 3. The number of nitrogens with one attached hydrogen (secondary N) is 1. The lowest BCUT2D eigenvalue weighted by atomic mass is 10.1.